The van der Waals surface area contributed by atoms with Crippen LogP contribution in [0.1, 0.15) is 40.6 Å². The average Bonchev–Trinajstić information content (AvgIpc) is 2.99. The number of aliphatic hydroxyl groups is 1. The van der Waals surface area contributed by atoms with Crippen molar-refractivity contribution in [3.05, 3.63) is 64.0 Å². The van der Waals surface area contributed by atoms with E-state index in [9.17, 15) is 14.7 Å². The predicted molar refractivity (Wildman–Crippen MR) is 93.7 cm³/mol. The second-order valence-electron chi connectivity index (χ2n) is 6.66. The minimum absolute atomic E-state index is 0.132. The Hall–Kier alpha value is -3.00. The van der Waals surface area contributed by atoms with E-state index in [0.717, 1.165) is 5.69 Å². The maximum atomic E-state index is 12.9. The fourth-order valence-electron chi connectivity index (χ4n) is 3.41. The zero-order valence-electron chi connectivity index (χ0n) is 14.2. The van der Waals surface area contributed by atoms with Crippen molar-refractivity contribution in [2.24, 2.45) is 5.92 Å². The Bertz CT molecular complexity index is 1000. The summed E-state index contributed by atoms with van der Waals surface area (Å²) in [4.78, 5) is 32.9. The summed E-state index contributed by atoms with van der Waals surface area (Å²) in [5, 5.41) is 15.3. The minimum atomic E-state index is -0.326. The molecule has 1 fully saturated rings. The highest BCUT2D eigenvalue weighted by molar-refractivity contribution is 5.95. The summed E-state index contributed by atoms with van der Waals surface area (Å²) in [6.07, 6.45) is 4.09. The monoisotopic (exact) mass is 353 g/mol. The van der Waals surface area contributed by atoms with Crippen LogP contribution in [0.3, 0.4) is 0 Å². The number of aryl methyl sites for hydroxylation is 1. The Kier molecular flexibility index (Phi) is 4.04. The molecule has 3 aromatic rings. The fourth-order valence-corrected chi connectivity index (χ4v) is 3.41. The largest absolute Gasteiger partial charge is 0.393 e. The molecule has 0 saturated heterocycles. The highest BCUT2D eigenvalue weighted by Gasteiger charge is 2.36. The first-order valence-electron chi connectivity index (χ1n) is 8.50. The number of fused-ring (bicyclic) bond motifs is 1. The minimum Gasteiger partial charge on any atom is -0.393 e. The maximum absolute atomic E-state index is 12.9. The molecule has 0 radical (unpaired) electrons. The number of nitrogens with one attached hydrogen (secondary N) is 2. The van der Waals surface area contributed by atoms with E-state index in [1.807, 2.05) is 18.2 Å². The molecular formula is C18H19N5O3. The molecule has 3 heterocycles. The second kappa shape index (κ2) is 6.38. The van der Waals surface area contributed by atoms with Gasteiger partial charge in [-0.25, -0.2) is 9.50 Å². The van der Waals surface area contributed by atoms with E-state index >= 15 is 0 Å². The van der Waals surface area contributed by atoms with Gasteiger partial charge < -0.3 is 10.4 Å². The van der Waals surface area contributed by atoms with Crippen LogP contribution in [0.4, 0.5) is 0 Å². The van der Waals surface area contributed by atoms with E-state index in [1.54, 1.807) is 13.1 Å². The van der Waals surface area contributed by atoms with Crippen LogP contribution < -0.4 is 10.9 Å². The van der Waals surface area contributed by atoms with Gasteiger partial charge in [-0.3, -0.25) is 19.7 Å². The fraction of sp³-hybridized carbons (Fsp3) is 0.333. The van der Waals surface area contributed by atoms with Gasteiger partial charge in [-0.1, -0.05) is 6.07 Å². The number of nitrogens with zero attached hydrogens (tertiary/aromatic N) is 3. The number of carbonyl (C=O) groups is 1. The van der Waals surface area contributed by atoms with Crippen molar-refractivity contribution in [1.82, 2.24) is 24.9 Å². The van der Waals surface area contributed by atoms with E-state index in [2.05, 4.69) is 20.4 Å². The molecule has 1 atom stereocenters. The summed E-state index contributed by atoms with van der Waals surface area (Å²) in [5.74, 6) is -0.157. The Labute approximate surface area is 148 Å². The third-order valence-corrected chi connectivity index (χ3v) is 4.92. The van der Waals surface area contributed by atoms with Gasteiger partial charge in [0.15, 0.2) is 5.65 Å². The molecule has 1 unspecified atom stereocenters. The molecule has 8 heteroatoms. The van der Waals surface area contributed by atoms with Crippen molar-refractivity contribution >= 4 is 11.6 Å². The maximum Gasteiger partial charge on any atom is 0.266 e. The number of amides is 1. The summed E-state index contributed by atoms with van der Waals surface area (Å²) in [7, 11) is 0. The van der Waals surface area contributed by atoms with Gasteiger partial charge in [-0.2, -0.15) is 0 Å². The summed E-state index contributed by atoms with van der Waals surface area (Å²) < 4.78 is 1.50. The van der Waals surface area contributed by atoms with Gasteiger partial charge in [0, 0.05) is 18.5 Å². The van der Waals surface area contributed by atoms with E-state index in [0.29, 0.717) is 29.7 Å². The van der Waals surface area contributed by atoms with E-state index in [4.69, 9.17) is 0 Å². The van der Waals surface area contributed by atoms with Gasteiger partial charge in [0.05, 0.1) is 29.1 Å². The van der Waals surface area contributed by atoms with Crippen molar-refractivity contribution in [3.63, 3.8) is 0 Å². The molecular weight excluding hydrogens is 334 g/mol. The van der Waals surface area contributed by atoms with Gasteiger partial charge in [0.1, 0.15) is 0 Å². The van der Waals surface area contributed by atoms with Crippen LogP contribution in [-0.4, -0.2) is 36.7 Å². The lowest BCUT2D eigenvalue weighted by atomic mass is 9.76. The highest BCUT2D eigenvalue weighted by Crippen LogP contribution is 2.37. The van der Waals surface area contributed by atoms with Crippen LogP contribution in [0, 0.1) is 12.8 Å². The number of aromatic amines is 1. The summed E-state index contributed by atoms with van der Waals surface area (Å²) in [6, 6.07) is 6.66. The molecule has 0 aromatic carbocycles. The lowest BCUT2D eigenvalue weighted by Gasteiger charge is -2.37. The van der Waals surface area contributed by atoms with Crippen LogP contribution in [-0.2, 0) is 0 Å². The van der Waals surface area contributed by atoms with Gasteiger partial charge in [0.25, 0.3) is 11.5 Å². The van der Waals surface area contributed by atoms with Crippen LogP contribution >= 0.6 is 0 Å². The first kappa shape index (κ1) is 16.5. The number of hydrogen-bond donors (Lipinski definition) is 3. The van der Waals surface area contributed by atoms with E-state index < -0.39 is 0 Å². The summed E-state index contributed by atoms with van der Waals surface area (Å²) >= 11 is 0. The van der Waals surface area contributed by atoms with Gasteiger partial charge >= 0.3 is 0 Å². The van der Waals surface area contributed by atoms with Crippen LogP contribution in [0.25, 0.3) is 5.65 Å². The molecule has 8 nitrogen and oxygen atoms in total. The highest BCUT2D eigenvalue weighted by atomic mass is 16.3. The first-order valence-corrected chi connectivity index (χ1v) is 8.50. The number of carbonyl (C=O) groups excluding carboxylic acids is 1. The van der Waals surface area contributed by atoms with E-state index in [-0.39, 0.29) is 29.5 Å². The van der Waals surface area contributed by atoms with Crippen LogP contribution in [0.5, 0.6) is 0 Å². The standard InChI is InChI=1S/C18H19N5O3/c1-10-13(9-20-15-8-16(25)22-23(10)15)18(26)21-17(11-6-12(24)7-11)14-4-2-3-5-19-14/h2-5,8-9,11-12,17,24H,6-7H2,1H3,(H,21,26)(H,22,25). The van der Waals surface area contributed by atoms with Crippen molar-refractivity contribution in [2.45, 2.75) is 31.9 Å². The molecule has 134 valence electrons. The van der Waals surface area contributed by atoms with Crippen molar-refractivity contribution in [1.29, 1.82) is 0 Å². The molecule has 4 rings (SSSR count). The number of aliphatic hydroxyl groups excluding tert-OH is 1. The lowest BCUT2D eigenvalue weighted by molar-refractivity contribution is 0.0228. The number of aromatic nitrogens is 4. The molecule has 3 aromatic heterocycles. The molecule has 0 bridgehead atoms. The second-order valence-corrected chi connectivity index (χ2v) is 6.66. The summed E-state index contributed by atoms with van der Waals surface area (Å²) in [6.45, 7) is 1.75. The molecule has 0 aliphatic heterocycles. The SMILES string of the molecule is Cc1c(C(=O)NC(c2ccccn2)C2CC(O)C2)cnc2cc(=O)[nH]n12. The number of pyridine rings is 1. The van der Waals surface area contributed by atoms with Crippen LogP contribution in [0.15, 0.2) is 41.5 Å². The number of rotatable bonds is 4. The molecule has 3 N–H and O–H groups in total. The Balaban J connectivity index is 1.64. The zero-order chi connectivity index (χ0) is 18.3. The molecule has 0 spiro atoms. The Morgan fingerprint density at radius 2 is 2.19 bits per heavy atom. The molecule has 1 aliphatic rings. The zero-order valence-corrected chi connectivity index (χ0v) is 14.2. The molecule has 1 amide bonds. The van der Waals surface area contributed by atoms with Crippen molar-refractivity contribution in [2.75, 3.05) is 0 Å². The normalized spacial score (nSPS) is 20.5. The summed E-state index contributed by atoms with van der Waals surface area (Å²) in [5.41, 5.74) is 1.94. The lowest BCUT2D eigenvalue weighted by Crippen LogP contribution is -2.42. The van der Waals surface area contributed by atoms with Crippen molar-refractivity contribution < 1.29 is 9.90 Å². The topological polar surface area (TPSA) is 112 Å². The van der Waals surface area contributed by atoms with Crippen molar-refractivity contribution in [3.8, 4) is 0 Å². The molecule has 1 saturated carbocycles. The average molecular weight is 353 g/mol. The van der Waals surface area contributed by atoms with Crippen LogP contribution in [0.2, 0.25) is 0 Å². The third kappa shape index (κ3) is 2.88. The number of H-pyrrole nitrogens is 1. The first-order chi connectivity index (χ1) is 12.5. The van der Waals surface area contributed by atoms with Gasteiger partial charge in [-0.15, -0.1) is 0 Å². The molecule has 26 heavy (non-hydrogen) atoms. The Morgan fingerprint density at radius 3 is 2.88 bits per heavy atom. The quantitative estimate of drug-likeness (QED) is 0.647. The van der Waals surface area contributed by atoms with Gasteiger partial charge in [-0.05, 0) is 37.8 Å². The predicted octanol–water partition coefficient (Wildman–Crippen LogP) is 0.968. The third-order valence-electron chi connectivity index (χ3n) is 4.92. The molecule has 1 aliphatic carbocycles. The smallest absolute Gasteiger partial charge is 0.266 e. The van der Waals surface area contributed by atoms with E-state index in [1.165, 1.54) is 16.8 Å². The number of hydrogen-bond acceptors (Lipinski definition) is 5. The Morgan fingerprint density at radius 1 is 1.38 bits per heavy atom. The van der Waals surface area contributed by atoms with Gasteiger partial charge in [0.2, 0.25) is 0 Å².